The third-order valence-corrected chi connectivity index (χ3v) is 4.20. The number of thiol groups is 2. The molecule has 0 aliphatic rings. The lowest BCUT2D eigenvalue weighted by molar-refractivity contribution is 0.397. The lowest BCUT2D eigenvalue weighted by Gasteiger charge is -2.18. The van der Waals surface area contributed by atoms with Crippen LogP contribution in [0.3, 0.4) is 0 Å². The third kappa shape index (κ3) is 8.50. The Morgan fingerprint density at radius 2 is 1.27 bits per heavy atom. The maximum absolute atomic E-state index is 4.45. The Morgan fingerprint density at radius 1 is 0.733 bits per heavy atom. The molecule has 0 saturated carbocycles. The number of hydrogen-bond donors (Lipinski definition) is 2. The van der Waals surface area contributed by atoms with Crippen molar-refractivity contribution in [2.75, 3.05) is 11.5 Å². The maximum atomic E-state index is 4.45. The fraction of sp³-hybridized carbons (Fsp3) is 1.00. The first-order chi connectivity index (χ1) is 7.28. The Morgan fingerprint density at radius 3 is 1.67 bits per heavy atom. The fourth-order valence-corrected chi connectivity index (χ4v) is 2.76. The van der Waals surface area contributed by atoms with Crippen molar-refractivity contribution in [2.24, 2.45) is 11.8 Å². The van der Waals surface area contributed by atoms with Crippen LogP contribution < -0.4 is 0 Å². The van der Waals surface area contributed by atoms with Crippen LogP contribution in [0.15, 0.2) is 0 Å². The summed E-state index contributed by atoms with van der Waals surface area (Å²) in [5, 5.41) is 0. The lowest BCUT2D eigenvalue weighted by atomic mass is 9.92. The first-order valence-electron chi connectivity index (χ1n) is 6.50. The van der Waals surface area contributed by atoms with Crippen molar-refractivity contribution in [3.8, 4) is 0 Å². The molecule has 2 atom stereocenters. The second kappa shape index (κ2) is 11.2. The molecular weight excluding hydrogens is 220 g/mol. The highest BCUT2D eigenvalue weighted by Gasteiger charge is 2.10. The zero-order valence-corrected chi connectivity index (χ0v) is 12.2. The topological polar surface area (TPSA) is 0 Å². The molecule has 92 valence electrons. The van der Waals surface area contributed by atoms with Gasteiger partial charge in [0.25, 0.3) is 0 Å². The van der Waals surface area contributed by atoms with Crippen LogP contribution in [0.5, 0.6) is 0 Å². The fourth-order valence-electron chi connectivity index (χ4n) is 2.03. The molecule has 0 N–H and O–H groups in total. The average Bonchev–Trinajstić information content (AvgIpc) is 2.27. The van der Waals surface area contributed by atoms with E-state index in [1.54, 1.807) is 0 Å². The van der Waals surface area contributed by atoms with Gasteiger partial charge in [-0.15, -0.1) is 0 Å². The van der Waals surface area contributed by atoms with E-state index >= 15 is 0 Å². The molecular formula is C13H28S2. The number of rotatable bonds is 10. The van der Waals surface area contributed by atoms with Gasteiger partial charge in [0.1, 0.15) is 0 Å². The van der Waals surface area contributed by atoms with Crippen LogP contribution in [0.2, 0.25) is 0 Å². The van der Waals surface area contributed by atoms with E-state index in [9.17, 15) is 0 Å². The average molecular weight is 249 g/mol. The zero-order valence-electron chi connectivity index (χ0n) is 10.4. The van der Waals surface area contributed by atoms with Gasteiger partial charge in [-0.3, -0.25) is 0 Å². The first kappa shape index (κ1) is 15.7. The van der Waals surface area contributed by atoms with Crippen LogP contribution in [0.4, 0.5) is 0 Å². The predicted molar refractivity (Wildman–Crippen MR) is 78.4 cm³/mol. The molecule has 0 spiro atoms. The van der Waals surface area contributed by atoms with E-state index in [0.717, 1.165) is 23.3 Å². The zero-order chi connectivity index (χ0) is 11.5. The molecule has 0 nitrogen and oxygen atoms in total. The van der Waals surface area contributed by atoms with Gasteiger partial charge in [0.05, 0.1) is 0 Å². The summed E-state index contributed by atoms with van der Waals surface area (Å²) < 4.78 is 0. The van der Waals surface area contributed by atoms with Crippen molar-refractivity contribution < 1.29 is 0 Å². The summed E-state index contributed by atoms with van der Waals surface area (Å²) in [5.74, 6) is 3.79. The SMILES string of the molecule is CCCCC(CS)CCC(CS)CCC. The van der Waals surface area contributed by atoms with Crippen molar-refractivity contribution in [1.82, 2.24) is 0 Å². The van der Waals surface area contributed by atoms with E-state index in [2.05, 4.69) is 39.1 Å². The standard InChI is InChI=1S/C13H28S2/c1-3-5-7-13(11-15)9-8-12(10-14)6-4-2/h12-15H,3-11H2,1-2H3. The van der Waals surface area contributed by atoms with E-state index in [4.69, 9.17) is 0 Å². The molecule has 0 aromatic carbocycles. The molecule has 0 aliphatic carbocycles. The van der Waals surface area contributed by atoms with Gasteiger partial charge in [0.15, 0.2) is 0 Å². The molecule has 2 heteroatoms. The molecule has 0 rings (SSSR count). The molecule has 0 saturated heterocycles. The van der Waals surface area contributed by atoms with Crippen LogP contribution in [0.25, 0.3) is 0 Å². The minimum absolute atomic E-state index is 0.836. The van der Waals surface area contributed by atoms with E-state index in [0.29, 0.717) is 0 Å². The van der Waals surface area contributed by atoms with Gasteiger partial charge >= 0.3 is 0 Å². The second-order valence-electron chi connectivity index (χ2n) is 4.61. The highest BCUT2D eigenvalue weighted by molar-refractivity contribution is 7.80. The van der Waals surface area contributed by atoms with Gasteiger partial charge in [0, 0.05) is 0 Å². The number of hydrogen-bond acceptors (Lipinski definition) is 2. The van der Waals surface area contributed by atoms with Crippen molar-refractivity contribution in [2.45, 2.75) is 58.8 Å². The summed E-state index contributed by atoms with van der Waals surface area (Å²) in [6, 6.07) is 0. The lowest BCUT2D eigenvalue weighted by Crippen LogP contribution is -2.08. The van der Waals surface area contributed by atoms with Crippen LogP contribution in [0.1, 0.15) is 58.8 Å². The summed E-state index contributed by atoms with van der Waals surface area (Å²) in [6.45, 7) is 4.53. The van der Waals surface area contributed by atoms with E-state index < -0.39 is 0 Å². The van der Waals surface area contributed by atoms with Gasteiger partial charge in [0.2, 0.25) is 0 Å². The Hall–Kier alpha value is 0.700. The van der Waals surface area contributed by atoms with Gasteiger partial charge in [-0.1, -0.05) is 33.1 Å². The Labute approximate surface area is 107 Å². The monoisotopic (exact) mass is 248 g/mol. The van der Waals surface area contributed by atoms with Crippen molar-refractivity contribution in [1.29, 1.82) is 0 Å². The van der Waals surface area contributed by atoms with Crippen molar-refractivity contribution >= 4 is 25.3 Å². The highest BCUT2D eigenvalue weighted by atomic mass is 32.1. The van der Waals surface area contributed by atoms with Gasteiger partial charge in [-0.25, -0.2) is 0 Å². The van der Waals surface area contributed by atoms with Crippen LogP contribution in [-0.2, 0) is 0 Å². The molecule has 0 aromatic rings. The van der Waals surface area contributed by atoms with Crippen molar-refractivity contribution in [3.05, 3.63) is 0 Å². The molecule has 2 unspecified atom stereocenters. The van der Waals surface area contributed by atoms with E-state index in [-0.39, 0.29) is 0 Å². The molecule has 0 bridgehead atoms. The summed E-state index contributed by atoms with van der Waals surface area (Å²) >= 11 is 8.89. The minimum Gasteiger partial charge on any atom is -0.179 e. The summed E-state index contributed by atoms with van der Waals surface area (Å²) in [7, 11) is 0. The Balaban J connectivity index is 3.66. The van der Waals surface area contributed by atoms with Crippen LogP contribution >= 0.6 is 25.3 Å². The molecule has 0 fully saturated rings. The molecule has 0 radical (unpaired) electrons. The number of unbranched alkanes of at least 4 members (excludes halogenated alkanes) is 1. The Bertz CT molecular complexity index is 126. The largest absolute Gasteiger partial charge is 0.179 e. The quantitative estimate of drug-likeness (QED) is 0.507. The molecule has 0 aliphatic heterocycles. The van der Waals surface area contributed by atoms with Crippen LogP contribution in [-0.4, -0.2) is 11.5 Å². The van der Waals surface area contributed by atoms with E-state index in [1.165, 1.54) is 44.9 Å². The summed E-state index contributed by atoms with van der Waals surface area (Å²) in [4.78, 5) is 0. The normalized spacial score (nSPS) is 15.2. The molecule has 15 heavy (non-hydrogen) atoms. The second-order valence-corrected chi connectivity index (χ2v) is 5.34. The molecule has 0 aromatic heterocycles. The predicted octanol–water partition coefficient (Wildman–Crippen LogP) is 4.85. The summed E-state index contributed by atoms with van der Waals surface area (Å²) in [6.07, 6.45) is 9.40. The smallest absolute Gasteiger partial charge is 0.00695 e. The third-order valence-electron chi connectivity index (χ3n) is 3.16. The van der Waals surface area contributed by atoms with Gasteiger partial charge in [-0.05, 0) is 49.0 Å². The first-order valence-corrected chi connectivity index (χ1v) is 7.76. The van der Waals surface area contributed by atoms with Crippen molar-refractivity contribution in [3.63, 3.8) is 0 Å². The minimum atomic E-state index is 0.836. The van der Waals surface area contributed by atoms with Gasteiger partial charge in [-0.2, -0.15) is 25.3 Å². The van der Waals surface area contributed by atoms with Crippen LogP contribution in [0, 0.1) is 11.8 Å². The van der Waals surface area contributed by atoms with E-state index in [1.807, 2.05) is 0 Å². The highest BCUT2D eigenvalue weighted by Crippen LogP contribution is 2.22. The maximum Gasteiger partial charge on any atom is -0.00695 e. The molecule has 0 heterocycles. The molecule has 0 amide bonds. The Kier molecular flexibility index (Phi) is 11.7. The van der Waals surface area contributed by atoms with Gasteiger partial charge < -0.3 is 0 Å². The summed E-state index contributed by atoms with van der Waals surface area (Å²) in [5.41, 5.74) is 0.